The van der Waals surface area contributed by atoms with Crippen molar-refractivity contribution in [2.45, 2.75) is 41.8 Å². The molecule has 3 aromatic rings. The molecule has 1 aromatic carbocycles. The molecule has 2 aliphatic heterocycles. The van der Waals surface area contributed by atoms with Crippen molar-refractivity contribution in [1.82, 2.24) is 9.88 Å². The fraction of sp³-hybridized carbons (Fsp3) is 0.407. The highest BCUT2D eigenvalue weighted by Crippen LogP contribution is 2.68. The number of carbonyl (C=O) groups excluding carboxylic acids is 3. The van der Waals surface area contributed by atoms with E-state index >= 15 is 0 Å². The van der Waals surface area contributed by atoms with Gasteiger partial charge < -0.3 is 10.3 Å². The molecule has 3 amide bonds. The summed E-state index contributed by atoms with van der Waals surface area (Å²) in [6, 6.07) is 7.08. The summed E-state index contributed by atoms with van der Waals surface area (Å²) in [5, 5.41) is 5.32. The number of anilines is 1. The van der Waals surface area contributed by atoms with Crippen molar-refractivity contribution in [2.75, 3.05) is 5.32 Å². The molecule has 8 unspecified atom stereocenters. The smallest absolute Gasteiger partial charge is 0.324 e. The molecule has 7 nitrogen and oxygen atoms in total. The Labute approximate surface area is 238 Å². The number of alkyl halides is 3. The molecule has 0 spiro atoms. The van der Waals surface area contributed by atoms with E-state index in [4.69, 9.17) is 0 Å². The van der Waals surface area contributed by atoms with Crippen LogP contribution in [0.2, 0.25) is 0 Å². The van der Waals surface area contributed by atoms with Crippen LogP contribution in [0.15, 0.2) is 51.6 Å². The number of likely N-dealkylation sites (tertiary alicyclic amines) is 1. The molecule has 1 saturated heterocycles. The highest BCUT2D eigenvalue weighted by Gasteiger charge is 2.70. The van der Waals surface area contributed by atoms with Crippen molar-refractivity contribution in [2.24, 2.45) is 29.6 Å². The lowest BCUT2D eigenvalue weighted by Gasteiger charge is -2.42. The summed E-state index contributed by atoms with van der Waals surface area (Å²) in [6.45, 7) is 1.43. The zero-order valence-corrected chi connectivity index (χ0v) is 23.3. The van der Waals surface area contributed by atoms with Gasteiger partial charge in [0.25, 0.3) is 0 Å². The molecule has 7 rings (SSSR count). The van der Waals surface area contributed by atoms with Crippen molar-refractivity contribution in [1.29, 1.82) is 0 Å². The number of hydrogen-bond acceptors (Lipinski definition) is 7. The van der Waals surface area contributed by atoms with Crippen molar-refractivity contribution >= 4 is 57.8 Å². The number of imide groups is 1. The minimum absolute atomic E-state index is 0.0419. The third-order valence-corrected chi connectivity index (χ3v) is 12.4. The Morgan fingerprint density at radius 3 is 2.55 bits per heavy atom. The molecule has 8 atom stereocenters. The summed E-state index contributed by atoms with van der Waals surface area (Å²) < 4.78 is 39.4. The van der Waals surface area contributed by atoms with E-state index in [1.807, 2.05) is 17.5 Å². The maximum atomic E-state index is 13.8. The number of H-pyrrole nitrogens is 1. The van der Waals surface area contributed by atoms with Gasteiger partial charge in [0.2, 0.25) is 17.7 Å². The Kier molecular flexibility index (Phi) is 5.89. The molecular weight excluding hydrogens is 584 g/mol. The van der Waals surface area contributed by atoms with Gasteiger partial charge in [-0.3, -0.25) is 24.1 Å². The molecule has 0 radical (unpaired) electrons. The second-order valence-electron chi connectivity index (χ2n) is 10.8. The lowest BCUT2D eigenvalue weighted by atomic mass is 9.69. The maximum absolute atomic E-state index is 13.8. The largest absolute Gasteiger partial charge is 0.416 e. The number of thiazole rings is 1. The van der Waals surface area contributed by atoms with E-state index in [0.717, 1.165) is 38.2 Å². The number of nitrogens with one attached hydrogen (secondary N) is 2. The monoisotopic (exact) mass is 605 g/mol. The first kappa shape index (κ1) is 26.0. The van der Waals surface area contributed by atoms with Crippen molar-refractivity contribution in [3.63, 3.8) is 0 Å². The summed E-state index contributed by atoms with van der Waals surface area (Å²) in [6.07, 6.45) is -3.84. The fourth-order valence-corrected chi connectivity index (χ4v) is 11.2. The number of hydrogen-bond donors (Lipinski definition) is 2. The van der Waals surface area contributed by atoms with Gasteiger partial charge in [-0.15, -0.1) is 23.1 Å². The molecule has 208 valence electrons. The predicted octanol–water partition coefficient (Wildman–Crippen LogP) is 5.02. The number of halogens is 3. The summed E-state index contributed by atoms with van der Waals surface area (Å²) in [7, 11) is 0. The van der Waals surface area contributed by atoms with Gasteiger partial charge in [-0.1, -0.05) is 23.5 Å². The van der Waals surface area contributed by atoms with Crippen molar-refractivity contribution in [3.8, 4) is 0 Å². The number of aromatic nitrogens is 1. The second-order valence-corrected chi connectivity index (χ2v) is 13.9. The molecule has 4 aliphatic rings. The fourth-order valence-electron chi connectivity index (χ4n) is 7.35. The molecule has 2 saturated carbocycles. The Bertz CT molecular complexity index is 1600. The summed E-state index contributed by atoms with van der Waals surface area (Å²) in [5.41, 5.74) is -0.972. The third-order valence-electron chi connectivity index (χ3n) is 8.83. The molecule has 2 N–H and O–H groups in total. The van der Waals surface area contributed by atoms with Crippen LogP contribution in [-0.4, -0.2) is 38.9 Å². The average molecular weight is 606 g/mol. The van der Waals surface area contributed by atoms with Gasteiger partial charge in [0, 0.05) is 26.6 Å². The normalized spacial score (nSPS) is 31.2. The molecule has 2 bridgehead atoms. The zero-order chi connectivity index (χ0) is 28.1. The highest BCUT2D eigenvalue weighted by molar-refractivity contribution is 8.00. The number of nitrogens with zero attached hydrogens (tertiary/aromatic N) is 1. The zero-order valence-electron chi connectivity index (χ0n) is 20.8. The second kappa shape index (κ2) is 9.05. The third kappa shape index (κ3) is 3.77. The topological polar surface area (TPSA) is 99.3 Å². The maximum Gasteiger partial charge on any atom is 0.416 e. The van der Waals surface area contributed by atoms with E-state index in [2.05, 4.69) is 10.3 Å². The van der Waals surface area contributed by atoms with Gasteiger partial charge in [0.05, 0.1) is 22.4 Å². The van der Waals surface area contributed by atoms with Crippen LogP contribution in [0.25, 0.3) is 0 Å². The van der Waals surface area contributed by atoms with Crippen LogP contribution in [0, 0.1) is 29.6 Å². The lowest BCUT2D eigenvalue weighted by molar-refractivity contribution is -0.146. The number of benzene rings is 1. The minimum Gasteiger partial charge on any atom is -0.324 e. The standard InChI is InChI=1S/C27H22F3N3O4S3/c1-10(22(34)31-12-5-2-4-11(8-12)27(28,29)30)33-24(35)17-13-9-14(18(17)25(33)36)20-16(13)19(15-6-3-7-38-15)21-23(39-20)32-26(37)40-21/h2-8,10,13-14,16-20H,9H2,1H3,(H,31,34)(H,32,37). The number of thiophene rings is 1. The Balaban J connectivity index is 1.17. The minimum atomic E-state index is -4.57. The van der Waals surface area contributed by atoms with Gasteiger partial charge in [-0.25, -0.2) is 0 Å². The number of fused-ring (bicyclic) bond motifs is 9. The van der Waals surface area contributed by atoms with Gasteiger partial charge >= 0.3 is 11.0 Å². The number of aromatic amines is 1. The molecule has 13 heteroatoms. The number of thioether (sulfide) groups is 1. The van der Waals surface area contributed by atoms with E-state index in [9.17, 15) is 32.3 Å². The number of carbonyl (C=O) groups is 3. The van der Waals surface area contributed by atoms with Crippen LogP contribution in [-0.2, 0) is 20.6 Å². The molecule has 3 fully saturated rings. The van der Waals surface area contributed by atoms with Gasteiger partial charge in [-0.2, -0.15) is 13.2 Å². The Hall–Kier alpha value is -2.90. The summed E-state index contributed by atoms with van der Waals surface area (Å²) in [5.74, 6) is -2.75. The molecule has 40 heavy (non-hydrogen) atoms. The van der Waals surface area contributed by atoms with E-state index in [-0.39, 0.29) is 39.5 Å². The van der Waals surface area contributed by atoms with E-state index in [1.54, 1.807) is 23.1 Å². The van der Waals surface area contributed by atoms with E-state index < -0.39 is 47.3 Å². The van der Waals surface area contributed by atoms with Crippen LogP contribution >= 0.6 is 34.4 Å². The van der Waals surface area contributed by atoms with Crippen molar-refractivity contribution in [3.05, 3.63) is 66.8 Å². The van der Waals surface area contributed by atoms with Crippen LogP contribution in [0.3, 0.4) is 0 Å². The van der Waals surface area contributed by atoms with Crippen molar-refractivity contribution < 1.29 is 27.6 Å². The quantitative estimate of drug-likeness (QED) is 0.407. The molecule has 4 heterocycles. The van der Waals surface area contributed by atoms with Gasteiger partial charge in [0.15, 0.2) is 0 Å². The van der Waals surface area contributed by atoms with Crippen LogP contribution in [0.1, 0.15) is 34.6 Å². The predicted molar refractivity (Wildman–Crippen MR) is 144 cm³/mol. The molecular formula is C27H22F3N3O4S3. The van der Waals surface area contributed by atoms with Crippen LogP contribution in [0.4, 0.5) is 18.9 Å². The average Bonchev–Trinajstić information content (AvgIpc) is 3.71. The Morgan fingerprint density at radius 2 is 1.85 bits per heavy atom. The van der Waals surface area contributed by atoms with Crippen LogP contribution < -0.4 is 10.2 Å². The molecule has 2 aromatic heterocycles. The first-order chi connectivity index (χ1) is 19.0. The Morgan fingerprint density at radius 1 is 1.10 bits per heavy atom. The molecule has 2 aliphatic carbocycles. The summed E-state index contributed by atoms with van der Waals surface area (Å²) >= 11 is 4.41. The lowest BCUT2D eigenvalue weighted by Crippen LogP contribution is -2.46. The van der Waals surface area contributed by atoms with Gasteiger partial charge in [-0.05, 0) is 60.7 Å². The van der Waals surface area contributed by atoms with Crippen LogP contribution in [0.5, 0.6) is 0 Å². The SMILES string of the molecule is CC(C(=O)Nc1cccc(C(F)(F)F)c1)N1C(=O)C2C3CC(C2C1=O)C1C(c2cccs2)c2sc(=O)[nH]c2SC31. The highest BCUT2D eigenvalue weighted by atomic mass is 32.2. The number of amides is 3. The first-order valence-corrected chi connectivity index (χ1v) is 15.4. The van der Waals surface area contributed by atoms with E-state index in [0.29, 0.717) is 0 Å². The first-order valence-electron chi connectivity index (χ1n) is 12.8. The summed E-state index contributed by atoms with van der Waals surface area (Å²) in [4.78, 5) is 58.9. The van der Waals surface area contributed by atoms with E-state index in [1.165, 1.54) is 30.4 Å². The number of rotatable bonds is 4. The van der Waals surface area contributed by atoms with Gasteiger partial charge in [0.1, 0.15) is 6.04 Å².